The van der Waals surface area contributed by atoms with Crippen LogP contribution in [0.4, 0.5) is 0 Å². The summed E-state index contributed by atoms with van der Waals surface area (Å²) < 4.78 is 0. The van der Waals surface area contributed by atoms with Gasteiger partial charge in [-0.3, -0.25) is 14.4 Å². The van der Waals surface area contributed by atoms with Crippen LogP contribution in [0.5, 0.6) is 0 Å². The van der Waals surface area contributed by atoms with E-state index in [4.69, 9.17) is 0 Å². The van der Waals surface area contributed by atoms with Gasteiger partial charge in [0.2, 0.25) is 0 Å². The van der Waals surface area contributed by atoms with Crippen LogP contribution < -0.4 is 0 Å². The highest BCUT2D eigenvalue weighted by molar-refractivity contribution is 6.39. The summed E-state index contributed by atoms with van der Waals surface area (Å²) in [6.45, 7) is 0. The van der Waals surface area contributed by atoms with E-state index in [1.54, 1.807) is 49.5 Å². The smallest absolute Gasteiger partial charge is 0.197 e. The van der Waals surface area contributed by atoms with E-state index in [1.165, 1.54) is 6.08 Å². The normalized spacial score (nSPS) is 14.4. The van der Waals surface area contributed by atoms with Crippen LogP contribution in [0.3, 0.4) is 0 Å². The molecular weight excluding hydrogens is 242 g/mol. The molecule has 0 aromatic heterocycles. The number of hydrogen-bond donors (Lipinski definition) is 0. The minimum Gasteiger partial charge on any atom is -0.383 e. The van der Waals surface area contributed by atoms with Crippen LogP contribution in [-0.4, -0.2) is 36.8 Å². The van der Waals surface area contributed by atoms with Crippen LogP contribution in [0, 0.1) is 0 Å². The number of aldehydes is 1. The fourth-order valence-corrected chi connectivity index (χ4v) is 1.97. The van der Waals surface area contributed by atoms with Crippen LogP contribution in [0.25, 0.3) is 0 Å². The maximum Gasteiger partial charge on any atom is 0.197 e. The van der Waals surface area contributed by atoms with Crippen molar-refractivity contribution < 1.29 is 14.4 Å². The second kappa shape index (κ2) is 5.02. The fraction of sp³-hybridized carbons (Fsp3) is 0.133. The third-order valence-corrected chi connectivity index (χ3v) is 2.76. The molecule has 1 aliphatic rings. The first-order valence-electron chi connectivity index (χ1n) is 5.78. The third kappa shape index (κ3) is 2.38. The van der Waals surface area contributed by atoms with E-state index in [0.717, 1.165) is 0 Å². The van der Waals surface area contributed by atoms with Crippen molar-refractivity contribution >= 4 is 17.9 Å². The molecule has 19 heavy (non-hydrogen) atoms. The third-order valence-electron chi connectivity index (χ3n) is 2.76. The zero-order valence-corrected chi connectivity index (χ0v) is 10.7. The van der Waals surface area contributed by atoms with Crippen molar-refractivity contribution in [3.63, 3.8) is 0 Å². The number of benzene rings is 1. The summed E-state index contributed by atoms with van der Waals surface area (Å²) >= 11 is 0. The van der Waals surface area contributed by atoms with Gasteiger partial charge in [-0.15, -0.1) is 0 Å². The van der Waals surface area contributed by atoms with E-state index < -0.39 is 0 Å². The van der Waals surface area contributed by atoms with E-state index >= 15 is 0 Å². The van der Waals surface area contributed by atoms with Crippen LogP contribution in [0.1, 0.15) is 20.7 Å². The second-order valence-electron chi connectivity index (χ2n) is 4.47. The van der Waals surface area contributed by atoms with Gasteiger partial charge in [0.15, 0.2) is 17.9 Å². The van der Waals surface area contributed by atoms with E-state index in [2.05, 4.69) is 0 Å². The molecule has 0 aliphatic heterocycles. The largest absolute Gasteiger partial charge is 0.383 e. The standard InChI is InChI=1S/C15H13NO3/c1-16(2)8-10(9-17)7-13-14(18)11-5-3-4-6-12(11)15(13)19/h3-9H,1-2H3/b10-8-. The molecule has 1 aliphatic carbocycles. The van der Waals surface area contributed by atoms with Crippen LogP contribution in [0.15, 0.2) is 47.7 Å². The van der Waals surface area contributed by atoms with Crippen LogP contribution in [0.2, 0.25) is 0 Å². The predicted octanol–water partition coefficient (Wildman–Crippen LogP) is 1.64. The van der Waals surface area contributed by atoms with Crippen molar-refractivity contribution in [1.29, 1.82) is 0 Å². The number of carbonyl (C=O) groups is 3. The van der Waals surface area contributed by atoms with Crippen LogP contribution in [-0.2, 0) is 4.79 Å². The van der Waals surface area contributed by atoms with E-state index in [0.29, 0.717) is 17.4 Å². The Morgan fingerprint density at radius 3 is 2.00 bits per heavy atom. The lowest BCUT2D eigenvalue weighted by atomic mass is 10.1. The second-order valence-corrected chi connectivity index (χ2v) is 4.47. The molecule has 2 rings (SSSR count). The molecule has 1 aromatic rings. The molecule has 4 heteroatoms. The van der Waals surface area contributed by atoms with Crippen LogP contribution >= 0.6 is 0 Å². The molecule has 0 heterocycles. The quantitative estimate of drug-likeness (QED) is 0.468. The molecule has 0 fully saturated rings. The Kier molecular flexibility index (Phi) is 3.42. The highest BCUT2D eigenvalue weighted by Crippen LogP contribution is 2.26. The van der Waals surface area contributed by atoms with Gasteiger partial charge in [-0.2, -0.15) is 0 Å². The average Bonchev–Trinajstić information content (AvgIpc) is 2.63. The number of ketones is 2. The minimum absolute atomic E-state index is 0.0430. The lowest BCUT2D eigenvalue weighted by Gasteiger charge is -2.04. The van der Waals surface area contributed by atoms with Crippen molar-refractivity contribution in [1.82, 2.24) is 4.90 Å². The highest BCUT2D eigenvalue weighted by Gasteiger charge is 2.32. The maximum atomic E-state index is 12.1. The summed E-state index contributed by atoms with van der Waals surface area (Å²) in [6.07, 6.45) is 3.53. The summed E-state index contributed by atoms with van der Waals surface area (Å²) in [5.41, 5.74) is 1.12. The van der Waals surface area contributed by atoms with Crippen molar-refractivity contribution in [2.45, 2.75) is 0 Å². The Labute approximate surface area is 111 Å². The number of hydrogen-bond acceptors (Lipinski definition) is 4. The van der Waals surface area contributed by atoms with E-state index in [-0.39, 0.29) is 22.7 Å². The maximum absolute atomic E-state index is 12.1. The summed E-state index contributed by atoms with van der Waals surface area (Å²) in [4.78, 5) is 36.8. The summed E-state index contributed by atoms with van der Waals surface area (Å²) in [5.74, 6) is -0.654. The number of nitrogens with zero attached hydrogens (tertiary/aromatic N) is 1. The first-order chi connectivity index (χ1) is 9.04. The van der Waals surface area contributed by atoms with Gasteiger partial charge in [0, 0.05) is 37.0 Å². The van der Waals surface area contributed by atoms with Crippen molar-refractivity contribution in [2.75, 3.05) is 14.1 Å². The molecule has 0 bridgehead atoms. The first kappa shape index (κ1) is 13.0. The van der Waals surface area contributed by atoms with Gasteiger partial charge in [0.1, 0.15) is 0 Å². The van der Waals surface area contributed by atoms with Gasteiger partial charge in [-0.05, 0) is 6.08 Å². The number of carbonyl (C=O) groups excluding carboxylic acids is 3. The lowest BCUT2D eigenvalue weighted by molar-refractivity contribution is -0.104. The van der Waals surface area contributed by atoms with Gasteiger partial charge in [-0.1, -0.05) is 24.3 Å². The Hall–Kier alpha value is -2.49. The summed E-state index contributed by atoms with van der Waals surface area (Å²) in [6, 6.07) is 6.66. The Balaban J connectivity index is 2.47. The number of Topliss-reactive ketones (excluding diaryl/α,β-unsaturated/α-hetero) is 2. The summed E-state index contributed by atoms with van der Waals surface area (Å²) in [7, 11) is 3.52. The molecule has 0 N–H and O–H groups in total. The summed E-state index contributed by atoms with van der Waals surface area (Å²) in [5, 5.41) is 0. The Morgan fingerprint density at radius 2 is 1.58 bits per heavy atom. The molecule has 96 valence electrons. The SMILES string of the molecule is CN(C)/C=C(\C=O)C=C1C(=O)c2ccccc2C1=O. The van der Waals surface area contributed by atoms with Gasteiger partial charge >= 0.3 is 0 Å². The molecule has 0 amide bonds. The Morgan fingerprint density at radius 1 is 1.05 bits per heavy atom. The van der Waals surface area contributed by atoms with Gasteiger partial charge in [-0.25, -0.2) is 0 Å². The van der Waals surface area contributed by atoms with E-state index in [1.807, 2.05) is 0 Å². The van der Waals surface area contributed by atoms with Crippen molar-refractivity contribution in [3.8, 4) is 0 Å². The topological polar surface area (TPSA) is 54.5 Å². The lowest BCUT2D eigenvalue weighted by Crippen LogP contribution is -2.05. The molecule has 0 radical (unpaired) electrons. The average molecular weight is 255 g/mol. The highest BCUT2D eigenvalue weighted by atomic mass is 16.2. The monoisotopic (exact) mass is 255 g/mol. The minimum atomic E-state index is -0.327. The van der Waals surface area contributed by atoms with Crippen molar-refractivity contribution in [2.24, 2.45) is 0 Å². The van der Waals surface area contributed by atoms with E-state index in [9.17, 15) is 14.4 Å². The number of rotatable bonds is 3. The van der Waals surface area contributed by atoms with Gasteiger partial charge < -0.3 is 4.90 Å². The predicted molar refractivity (Wildman–Crippen MR) is 71.0 cm³/mol. The molecule has 0 spiro atoms. The zero-order chi connectivity index (χ0) is 14.0. The fourth-order valence-electron chi connectivity index (χ4n) is 1.97. The van der Waals surface area contributed by atoms with Gasteiger partial charge in [0.25, 0.3) is 0 Å². The molecule has 1 aromatic carbocycles. The molecule has 0 unspecified atom stereocenters. The van der Waals surface area contributed by atoms with Crippen molar-refractivity contribution in [3.05, 3.63) is 58.8 Å². The Bertz CT molecular complexity index is 587. The molecular formula is C15H13NO3. The molecule has 0 saturated carbocycles. The van der Waals surface area contributed by atoms with Gasteiger partial charge in [0.05, 0.1) is 5.57 Å². The first-order valence-corrected chi connectivity index (χ1v) is 5.78. The molecule has 0 saturated heterocycles. The molecule has 4 nitrogen and oxygen atoms in total. The zero-order valence-electron chi connectivity index (χ0n) is 10.7. The number of allylic oxidation sites excluding steroid dienone is 3. The molecule has 0 atom stereocenters. The number of fused-ring (bicyclic) bond motifs is 1.